The standard InChI is InChI=1S/C15H23N3OS/c1-17-14(19)12-6-5-11(16)9-13(12)18-10-15(20-2)7-3-4-8-15/h5-6,9,18H,3-4,7-8,10,16H2,1-2H3,(H,17,19). The molecule has 0 heterocycles. The minimum absolute atomic E-state index is 0.0860. The van der Waals surface area contributed by atoms with Crippen LogP contribution < -0.4 is 16.4 Å². The maximum atomic E-state index is 11.9. The Morgan fingerprint density at radius 1 is 1.40 bits per heavy atom. The summed E-state index contributed by atoms with van der Waals surface area (Å²) in [5.74, 6) is -0.0860. The SMILES string of the molecule is CNC(=O)c1ccc(N)cc1NCC1(SC)CCCC1. The lowest BCUT2D eigenvalue weighted by atomic mass is 10.1. The number of benzene rings is 1. The average Bonchev–Trinajstić information content (AvgIpc) is 2.94. The van der Waals surface area contributed by atoms with Crippen LogP contribution in [0, 0.1) is 0 Å². The highest BCUT2D eigenvalue weighted by atomic mass is 32.2. The number of thioether (sulfide) groups is 1. The highest BCUT2D eigenvalue weighted by Crippen LogP contribution is 2.40. The monoisotopic (exact) mass is 293 g/mol. The summed E-state index contributed by atoms with van der Waals surface area (Å²) in [5.41, 5.74) is 7.99. The number of rotatable bonds is 5. The summed E-state index contributed by atoms with van der Waals surface area (Å²) in [7, 11) is 1.64. The molecule has 0 spiro atoms. The van der Waals surface area contributed by atoms with E-state index < -0.39 is 0 Å². The molecular weight excluding hydrogens is 270 g/mol. The van der Waals surface area contributed by atoms with Crippen LogP contribution in [0.25, 0.3) is 0 Å². The van der Waals surface area contributed by atoms with Crippen molar-refractivity contribution in [2.24, 2.45) is 0 Å². The molecule has 1 aliphatic rings. The van der Waals surface area contributed by atoms with Crippen LogP contribution in [0.4, 0.5) is 11.4 Å². The van der Waals surface area contributed by atoms with Crippen molar-refractivity contribution in [3.05, 3.63) is 23.8 Å². The first-order valence-corrected chi connectivity index (χ1v) is 8.23. The minimum atomic E-state index is -0.0860. The van der Waals surface area contributed by atoms with Gasteiger partial charge in [0.1, 0.15) is 0 Å². The predicted molar refractivity (Wildman–Crippen MR) is 87.4 cm³/mol. The number of carbonyl (C=O) groups is 1. The van der Waals surface area contributed by atoms with E-state index in [0.29, 0.717) is 16.0 Å². The molecule has 0 bridgehead atoms. The minimum Gasteiger partial charge on any atom is -0.399 e. The maximum Gasteiger partial charge on any atom is 0.253 e. The summed E-state index contributed by atoms with van der Waals surface area (Å²) < 4.78 is 0.296. The second-order valence-corrected chi connectivity index (χ2v) is 6.61. The van der Waals surface area contributed by atoms with E-state index >= 15 is 0 Å². The number of amides is 1. The van der Waals surface area contributed by atoms with Gasteiger partial charge in [-0.25, -0.2) is 0 Å². The number of nitrogens with two attached hydrogens (primary N) is 1. The predicted octanol–water partition coefficient (Wildman–Crippen LogP) is 2.72. The van der Waals surface area contributed by atoms with Gasteiger partial charge in [-0.3, -0.25) is 4.79 Å². The number of nitrogens with one attached hydrogen (secondary N) is 2. The lowest BCUT2D eigenvalue weighted by molar-refractivity contribution is 0.0964. The number of anilines is 2. The molecule has 5 heteroatoms. The van der Waals surface area contributed by atoms with Crippen molar-refractivity contribution in [1.82, 2.24) is 5.32 Å². The molecule has 0 radical (unpaired) electrons. The van der Waals surface area contributed by atoms with Crippen LogP contribution in [0.1, 0.15) is 36.0 Å². The lowest BCUT2D eigenvalue weighted by Crippen LogP contribution is -2.31. The fraction of sp³-hybridized carbons (Fsp3) is 0.533. The third kappa shape index (κ3) is 3.20. The third-order valence-corrected chi connectivity index (χ3v) is 5.48. The van der Waals surface area contributed by atoms with Gasteiger partial charge < -0.3 is 16.4 Å². The Balaban J connectivity index is 2.15. The molecule has 4 N–H and O–H groups in total. The topological polar surface area (TPSA) is 67.2 Å². The molecule has 0 aromatic heterocycles. The normalized spacial score (nSPS) is 16.9. The van der Waals surface area contributed by atoms with E-state index in [9.17, 15) is 4.79 Å². The van der Waals surface area contributed by atoms with E-state index in [0.717, 1.165) is 12.2 Å². The van der Waals surface area contributed by atoms with E-state index in [2.05, 4.69) is 16.9 Å². The molecule has 1 aromatic carbocycles. The molecule has 1 fully saturated rings. The molecule has 20 heavy (non-hydrogen) atoms. The van der Waals surface area contributed by atoms with Crippen LogP contribution in [0.2, 0.25) is 0 Å². The van der Waals surface area contributed by atoms with E-state index in [4.69, 9.17) is 5.73 Å². The van der Waals surface area contributed by atoms with Crippen LogP contribution in [0.15, 0.2) is 18.2 Å². The van der Waals surface area contributed by atoms with Gasteiger partial charge >= 0.3 is 0 Å². The quantitative estimate of drug-likeness (QED) is 0.730. The zero-order chi connectivity index (χ0) is 14.6. The number of hydrogen-bond acceptors (Lipinski definition) is 4. The molecule has 2 rings (SSSR count). The summed E-state index contributed by atoms with van der Waals surface area (Å²) in [5, 5.41) is 6.11. The molecule has 0 atom stereocenters. The molecule has 110 valence electrons. The Labute approximate surface area is 124 Å². The summed E-state index contributed by atoms with van der Waals surface area (Å²) in [4.78, 5) is 11.9. The second-order valence-electron chi connectivity index (χ2n) is 5.33. The molecule has 0 unspecified atom stereocenters. The molecule has 1 aromatic rings. The first-order chi connectivity index (χ1) is 9.60. The molecule has 0 aliphatic heterocycles. The largest absolute Gasteiger partial charge is 0.399 e. The number of carbonyl (C=O) groups excluding carboxylic acids is 1. The molecule has 0 saturated heterocycles. The molecule has 1 aliphatic carbocycles. The van der Waals surface area contributed by atoms with Crippen LogP contribution in [-0.2, 0) is 0 Å². The summed E-state index contributed by atoms with van der Waals surface area (Å²) in [6, 6.07) is 5.38. The number of hydrogen-bond donors (Lipinski definition) is 3. The first-order valence-electron chi connectivity index (χ1n) is 7.01. The smallest absolute Gasteiger partial charge is 0.253 e. The van der Waals surface area contributed by atoms with Gasteiger partial charge in [0.15, 0.2) is 0 Å². The van der Waals surface area contributed by atoms with Crippen molar-refractivity contribution in [3.8, 4) is 0 Å². The van der Waals surface area contributed by atoms with Crippen molar-refractivity contribution in [1.29, 1.82) is 0 Å². The first kappa shape index (κ1) is 15.0. The van der Waals surface area contributed by atoms with Crippen molar-refractivity contribution in [2.45, 2.75) is 30.4 Å². The van der Waals surface area contributed by atoms with Crippen LogP contribution in [-0.4, -0.2) is 30.5 Å². The van der Waals surface area contributed by atoms with E-state index in [1.807, 2.05) is 17.8 Å². The summed E-state index contributed by atoms with van der Waals surface area (Å²) in [6.45, 7) is 0.877. The summed E-state index contributed by atoms with van der Waals surface area (Å²) in [6.07, 6.45) is 7.23. The van der Waals surface area contributed by atoms with E-state index in [-0.39, 0.29) is 5.91 Å². The Kier molecular flexibility index (Phi) is 4.81. The fourth-order valence-electron chi connectivity index (χ4n) is 2.77. The lowest BCUT2D eigenvalue weighted by Gasteiger charge is -2.28. The zero-order valence-electron chi connectivity index (χ0n) is 12.2. The van der Waals surface area contributed by atoms with Crippen molar-refractivity contribution in [3.63, 3.8) is 0 Å². The van der Waals surface area contributed by atoms with Gasteiger partial charge in [0.05, 0.1) is 5.56 Å². The van der Waals surface area contributed by atoms with Crippen LogP contribution >= 0.6 is 11.8 Å². The molecular formula is C15H23N3OS. The molecule has 1 saturated carbocycles. The summed E-state index contributed by atoms with van der Waals surface area (Å²) >= 11 is 1.93. The maximum absolute atomic E-state index is 11.9. The van der Waals surface area contributed by atoms with Gasteiger partial charge in [0.2, 0.25) is 0 Å². The van der Waals surface area contributed by atoms with E-state index in [1.165, 1.54) is 25.7 Å². The van der Waals surface area contributed by atoms with Crippen molar-refractivity contribution in [2.75, 3.05) is 30.9 Å². The van der Waals surface area contributed by atoms with Gasteiger partial charge in [-0.2, -0.15) is 11.8 Å². The Morgan fingerprint density at radius 2 is 2.10 bits per heavy atom. The zero-order valence-corrected chi connectivity index (χ0v) is 13.0. The van der Waals surface area contributed by atoms with Gasteiger partial charge in [-0.15, -0.1) is 0 Å². The van der Waals surface area contributed by atoms with Gasteiger partial charge in [0, 0.05) is 29.7 Å². The third-order valence-electron chi connectivity index (χ3n) is 4.06. The Morgan fingerprint density at radius 3 is 2.70 bits per heavy atom. The highest BCUT2D eigenvalue weighted by molar-refractivity contribution is 8.00. The van der Waals surface area contributed by atoms with Crippen molar-refractivity contribution >= 4 is 29.0 Å². The number of nitrogen functional groups attached to an aromatic ring is 1. The van der Waals surface area contributed by atoms with Gasteiger partial charge in [-0.1, -0.05) is 12.8 Å². The Bertz CT molecular complexity index is 484. The molecule has 1 amide bonds. The molecule has 4 nitrogen and oxygen atoms in total. The highest BCUT2D eigenvalue weighted by Gasteiger charge is 2.32. The second kappa shape index (κ2) is 6.39. The van der Waals surface area contributed by atoms with Gasteiger partial charge in [0.25, 0.3) is 5.91 Å². The van der Waals surface area contributed by atoms with Gasteiger partial charge in [-0.05, 0) is 37.3 Å². The average molecular weight is 293 g/mol. The van der Waals surface area contributed by atoms with Crippen molar-refractivity contribution < 1.29 is 4.79 Å². The fourth-order valence-corrected chi connectivity index (χ4v) is 3.68. The Hall–Kier alpha value is -1.36. The van der Waals surface area contributed by atoms with Crippen LogP contribution in [0.5, 0.6) is 0 Å². The van der Waals surface area contributed by atoms with E-state index in [1.54, 1.807) is 19.2 Å². The van der Waals surface area contributed by atoms with Crippen LogP contribution in [0.3, 0.4) is 0 Å².